The highest BCUT2D eigenvalue weighted by atomic mass is 16.1. The summed E-state index contributed by atoms with van der Waals surface area (Å²) in [6, 6.07) is 7.84. The van der Waals surface area contributed by atoms with Crippen LogP contribution in [0.3, 0.4) is 0 Å². The summed E-state index contributed by atoms with van der Waals surface area (Å²) >= 11 is 0. The number of carbonyl (C=O) groups is 1. The Morgan fingerprint density at radius 2 is 2.10 bits per heavy atom. The first kappa shape index (κ1) is 12.9. The van der Waals surface area contributed by atoms with Gasteiger partial charge in [-0.3, -0.25) is 4.79 Å². The van der Waals surface area contributed by atoms with Gasteiger partial charge in [0.2, 0.25) is 5.91 Å². The van der Waals surface area contributed by atoms with E-state index in [-0.39, 0.29) is 17.9 Å². The van der Waals surface area contributed by atoms with Crippen LogP contribution in [0.5, 0.6) is 0 Å². The Hall–Kier alpha value is -2.14. The lowest BCUT2D eigenvalue weighted by Gasteiger charge is -2.11. The van der Waals surface area contributed by atoms with Crippen LogP contribution in [-0.4, -0.2) is 21.9 Å². The Morgan fingerprint density at radius 3 is 2.70 bits per heavy atom. The highest BCUT2D eigenvalue weighted by Crippen LogP contribution is 2.26. The average Bonchev–Trinajstić information content (AvgIpc) is 3.10. The molecule has 20 heavy (non-hydrogen) atoms. The molecule has 5 nitrogen and oxygen atoms in total. The van der Waals surface area contributed by atoms with E-state index in [0.29, 0.717) is 0 Å². The predicted octanol–water partition coefficient (Wildman–Crippen LogP) is 2.14. The van der Waals surface area contributed by atoms with E-state index in [0.717, 1.165) is 36.3 Å². The maximum atomic E-state index is 12.1. The first-order valence-corrected chi connectivity index (χ1v) is 6.88. The SMILES string of the molecule is NC1CCC(C(=O)Nc2ccc(-c3ncc[nH]3)cc2)C1. The van der Waals surface area contributed by atoms with Gasteiger partial charge < -0.3 is 16.0 Å². The van der Waals surface area contributed by atoms with Crippen LogP contribution in [0.1, 0.15) is 19.3 Å². The monoisotopic (exact) mass is 270 g/mol. The number of nitrogens with one attached hydrogen (secondary N) is 2. The summed E-state index contributed by atoms with van der Waals surface area (Å²) in [6.07, 6.45) is 6.12. The van der Waals surface area contributed by atoms with Crippen LogP contribution in [-0.2, 0) is 4.79 Å². The third kappa shape index (κ3) is 2.72. The number of aromatic amines is 1. The van der Waals surface area contributed by atoms with Crippen LogP contribution in [0.2, 0.25) is 0 Å². The third-order valence-corrected chi connectivity index (χ3v) is 3.77. The molecule has 1 heterocycles. The maximum Gasteiger partial charge on any atom is 0.227 e. The van der Waals surface area contributed by atoms with E-state index in [9.17, 15) is 4.79 Å². The number of imidazole rings is 1. The molecule has 4 N–H and O–H groups in total. The van der Waals surface area contributed by atoms with Crippen LogP contribution >= 0.6 is 0 Å². The molecule has 3 rings (SSSR count). The number of hydrogen-bond acceptors (Lipinski definition) is 3. The number of rotatable bonds is 3. The topological polar surface area (TPSA) is 83.8 Å². The fourth-order valence-electron chi connectivity index (χ4n) is 2.63. The second-order valence-electron chi connectivity index (χ2n) is 5.27. The summed E-state index contributed by atoms with van der Waals surface area (Å²) in [5.74, 6) is 0.947. The summed E-state index contributed by atoms with van der Waals surface area (Å²) in [7, 11) is 0. The van der Waals surface area contributed by atoms with Crippen molar-refractivity contribution < 1.29 is 4.79 Å². The van der Waals surface area contributed by atoms with Gasteiger partial charge in [0.1, 0.15) is 5.82 Å². The Bertz CT molecular complexity index is 576. The van der Waals surface area contributed by atoms with Gasteiger partial charge in [0.15, 0.2) is 0 Å². The number of carbonyl (C=O) groups excluding carboxylic acids is 1. The number of H-pyrrole nitrogens is 1. The molecule has 1 aromatic heterocycles. The molecule has 2 aromatic rings. The van der Waals surface area contributed by atoms with Crippen molar-refractivity contribution in [1.29, 1.82) is 0 Å². The maximum absolute atomic E-state index is 12.1. The predicted molar refractivity (Wildman–Crippen MR) is 78.0 cm³/mol. The first-order valence-electron chi connectivity index (χ1n) is 6.88. The lowest BCUT2D eigenvalue weighted by atomic mass is 10.1. The van der Waals surface area contributed by atoms with E-state index in [4.69, 9.17) is 5.73 Å². The van der Waals surface area contributed by atoms with Crippen LogP contribution in [0, 0.1) is 5.92 Å². The largest absolute Gasteiger partial charge is 0.345 e. The molecule has 1 aliphatic carbocycles. The minimum absolute atomic E-state index is 0.0507. The molecule has 0 bridgehead atoms. The van der Waals surface area contributed by atoms with Crippen molar-refractivity contribution in [2.45, 2.75) is 25.3 Å². The van der Waals surface area contributed by atoms with Gasteiger partial charge in [-0.2, -0.15) is 0 Å². The molecule has 1 aliphatic rings. The average molecular weight is 270 g/mol. The molecule has 0 aliphatic heterocycles. The number of amides is 1. The van der Waals surface area contributed by atoms with Gasteiger partial charge in [-0.15, -0.1) is 0 Å². The lowest BCUT2D eigenvalue weighted by Crippen LogP contribution is -2.23. The van der Waals surface area contributed by atoms with Gasteiger partial charge in [-0.05, 0) is 43.5 Å². The fraction of sp³-hybridized carbons (Fsp3) is 0.333. The number of hydrogen-bond donors (Lipinski definition) is 3. The molecule has 1 fully saturated rings. The first-order chi connectivity index (χ1) is 9.72. The molecule has 2 atom stereocenters. The van der Waals surface area contributed by atoms with Gasteiger partial charge >= 0.3 is 0 Å². The van der Waals surface area contributed by atoms with Gasteiger partial charge in [-0.25, -0.2) is 4.98 Å². The Labute approximate surface area is 117 Å². The van der Waals surface area contributed by atoms with E-state index in [1.807, 2.05) is 24.3 Å². The quantitative estimate of drug-likeness (QED) is 0.799. The number of anilines is 1. The van der Waals surface area contributed by atoms with E-state index in [1.54, 1.807) is 12.4 Å². The van der Waals surface area contributed by atoms with Crippen molar-refractivity contribution >= 4 is 11.6 Å². The zero-order valence-corrected chi connectivity index (χ0v) is 11.2. The molecule has 0 saturated heterocycles. The van der Waals surface area contributed by atoms with Crippen molar-refractivity contribution in [2.24, 2.45) is 11.7 Å². The second kappa shape index (κ2) is 5.46. The summed E-state index contributed by atoms with van der Waals surface area (Å²) in [5, 5.41) is 2.95. The summed E-state index contributed by atoms with van der Waals surface area (Å²) in [6.45, 7) is 0. The molecule has 104 valence electrons. The summed E-state index contributed by atoms with van der Waals surface area (Å²) in [5.41, 5.74) is 7.65. The number of benzene rings is 1. The highest BCUT2D eigenvalue weighted by molar-refractivity contribution is 5.93. The Balaban J connectivity index is 1.65. The number of nitrogens with two attached hydrogens (primary N) is 1. The number of aromatic nitrogens is 2. The Morgan fingerprint density at radius 1 is 1.30 bits per heavy atom. The molecule has 0 radical (unpaired) electrons. The molecule has 5 heteroatoms. The van der Waals surface area contributed by atoms with Gasteiger partial charge in [-0.1, -0.05) is 0 Å². The fourth-order valence-corrected chi connectivity index (χ4v) is 2.63. The zero-order chi connectivity index (χ0) is 13.9. The zero-order valence-electron chi connectivity index (χ0n) is 11.2. The van der Waals surface area contributed by atoms with Gasteiger partial charge in [0, 0.05) is 35.6 Å². The van der Waals surface area contributed by atoms with Crippen LogP contribution in [0.4, 0.5) is 5.69 Å². The highest BCUT2D eigenvalue weighted by Gasteiger charge is 2.27. The molecule has 1 saturated carbocycles. The minimum atomic E-state index is 0.0507. The summed E-state index contributed by atoms with van der Waals surface area (Å²) < 4.78 is 0. The van der Waals surface area contributed by atoms with Crippen molar-refractivity contribution in [3.8, 4) is 11.4 Å². The molecular formula is C15H18N4O. The van der Waals surface area contributed by atoms with Crippen molar-refractivity contribution in [1.82, 2.24) is 9.97 Å². The lowest BCUT2D eigenvalue weighted by molar-refractivity contribution is -0.119. The van der Waals surface area contributed by atoms with E-state index in [2.05, 4.69) is 15.3 Å². The van der Waals surface area contributed by atoms with Crippen molar-refractivity contribution in [3.63, 3.8) is 0 Å². The van der Waals surface area contributed by atoms with Crippen molar-refractivity contribution in [2.75, 3.05) is 5.32 Å². The normalized spacial score (nSPS) is 21.9. The van der Waals surface area contributed by atoms with Gasteiger partial charge in [0.25, 0.3) is 0 Å². The van der Waals surface area contributed by atoms with E-state index < -0.39 is 0 Å². The molecule has 1 amide bonds. The van der Waals surface area contributed by atoms with E-state index in [1.165, 1.54) is 0 Å². The van der Waals surface area contributed by atoms with E-state index >= 15 is 0 Å². The molecule has 0 spiro atoms. The third-order valence-electron chi connectivity index (χ3n) is 3.77. The standard InChI is InChI=1S/C15H18N4O/c16-12-4-1-11(9-12)15(20)19-13-5-2-10(3-6-13)14-17-7-8-18-14/h2-3,5-8,11-12H,1,4,9,16H2,(H,17,18)(H,19,20). The Kier molecular flexibility index (Phi) is 3.52. The number of nitrogens with zero attached hydrogens (tertiary/aromatic N) is 1. The molecular weight excluding hydrogens is 252 g/mol. The van der Waals surface area contributed by atoms with Crippen LogP contribution < -0.4 is 11.1 Å². The second-order valence-corrected chi connectivity index (χ2v) is 5.27. The smallest absolute Gasteiger partial charge is 0.227 e. The van der Waals surface area contributed by atoms with Crippen LogP contribution in [0.25, 0.3) is 11.4 Å². The summed E-state index contributed by atoms with van der Waals surface area (Å²) in [4.78, 5) is 19.3. The van der Waals surface area contributed by atoms with Crippen molar-refractivity contribution in [3.05, 3.63) is 36.7 Å². The van der Waals surface area contributed by atoms with Crippen LogP contribution in [0.15, 0.2) is 36.7 Å². The minimum Gasteiger partial charge on any atom is -0.345 e. The van der Waals surface area contributed by atoms with Gasteiger partial charge in [0.05, 0.1) is 0 Å². The molecule has 1 aromatic carbocycles. The molecule has 2 unspecified atom stereocenters.